The molecule has 5 heteroatoms. The molecule has 0 saturated heterocycles. The Kier molecular flexibility index (Phi) is 4.52. The lowest BCUT2D eigenvalue weighted by molar-refractivity contribution is 0.0992. The quantitative estimate of drug-likeness (QED) is 0.859. The Morgan fingerprint density at radius 1 is 1.32 bits per heavy atom. The molecule has 0 aliphatic heterocycles. The fraction of sp³-hybridized carbons (Fsp3) is 0.214. The van der Waals surface area contributed by atoms with Gasteiger partial charge in [-0.15, -0.1) is 0 Å². The first kappa shape index (κ1) is 13.5. The van der Waals surface area contributed by atoms with Crippen LogP contribution < -0.4 is 4.90 Å². The molecule has 0 fully saturated rings. The van der Waals surface area contributed by atoms with Gasteiger partial charge in [0, 0.05) is 25.2 Å². The van der Waals surface area contributed by atoms with Gasteiger partial charge in [-0.1, -0.05) is 0 Å². The fourth-order valence-electron chi connectivity index (χ4n) is 1.65. The van der Waals surface area contributed by atoms with Crippen molar-refractivity contribution < 1.29 is 4.79 Å². The number of rotatable bonds is 4. The lowest BCUT2D eigenvalue weighted by atomic mass is 10.2. The zero-order valence-corrected chi connectivity index (χ0v) is 11.7. The summed E-state index contributed by atoms with van der Waals surface area (Å²) in [6.07, 6.45) is 6.99. The number of aromatic nitrogens is 2. The highest BCUT2D eigenvalue weighted by atomic mass is 32.2. The van der Waals surface area contributed by atoms with Gasteiger partial charge < -0.3 is 4.90 Å². The summed E-state index contributed by atoms with van der Waals surface area (Å²) in [5.41, 5.74) is 2.32. The summed E-state index contributed by atoms with van der Waals surface area (Å²) >= 11 is 1.71. The lowest BCUT2D eigenvalue weighted by Gasteiger charge is -2.16. The summed E-state index contributed by atoms with van der Waals surface area (Å²) < 4.78 is 0. The molecule has 0 aliphatic rings. The van der Waals surface area contributed by atoms with E-state index in [2.05, 4.69) is 9.97 Å². The molecule has 0 saturated carbocycles. The zero-order valence-electron chi connectivity index (χ0n) is 10.9. The molecule has 0 aromatic carbocycles. The Morgan fingerprint density at radius 2 is 2.16 bits per heavy atom. The molecular weight excluding hydrogens is 258 g/mol. The number of nitrogens with zero attached hydrogens (tertiary/aromatic N) is 3. The van der Waals surface area contributed by atoms with Crippen LogP contribution in [0, 0.1) is 0 Å². The number of carbonyl (C=O) groups excluding carboxylic acids is 1. The third kappa shape index (κ3) is 3.32. The summed E-state index contributed by atoms with van der Waals surface area (Å²) in [5, 5.41) is 0. The summed E-state index contributed by atoms with van der Waals surface area (Å²) in [7, 11) is 1.73. The van der Waals surface area contributed by atoms with Crippen LogP contribution in [-0.2, 0) is 5.75 Å². The van der Waals surface area contributed by atoms with E-state index in [0.717, 1.165) is 17.1 Å². The molecule has 0 N–H and O–H groups in total. The maximum atomic E-state index is 12.3. The van der Waals surface area contributed by atoms with Gasteiger partial charge in [-0.05, 0) is 30.5 Å². The molecule has 0 unspecified atom stereocenters. The number of anilines is 1. The number of carbonyl (C=O) groups is 1. The molecule has 4 nitrogen and oxygen atoms in total. The van der Waals surface area contributed by atoms with E-state index in [0.29, 0.717) is 5.56 Å². The van der Waals surface area contributed by atoms with E-state index in [9.17, 15) is 4.79 Å². The standard InChI is InChI=1S/C14H15N3OS/c1-17(13-4-3-7-15-9-13)14(18)11-5-6-12(10-19-2)16-8-11/h3-9H,10H2,1-2H3. The molecule has 1 amide bonds. The van der Waals surface area contributed by atoms with E-state index in [1.54, 1.807) is 48.4 Å². The third-order valence-corrected chi connectivity index (χ3v) is 3.29. The third-order valence-electron chi connectivity index (χ3n) is 2.70. The Balaban J connectivity index is 2.15. The summed E-state index contributed by atoms with van der Waals surface area (Å²) in [6.45, 7) is 0. The van der Waals surface area contributed by atoms with Crippen molar-refractivity contribution in [1.82, 2.24) is 9.97 Å². The Morgan fingerprint density at radius 3 is 2.74 bits per heavy atom. The van der Waals surface area contributed by atoms with Crippen molar-refractivity contribution in [3.05, 3.63) is 54.1 Å². The second kappa shape index (κ2) is 6.33. The second-order valence-electron chi connectivity index (χ2n) is 4.05. The van der Waals surface area contributed by atoms with E-state index in [1.807, 2.05) is 24.5 Å². The molecule has 19 heavy (non-hydrogen) atoms. The first-order chi connectivity index (χ1) is 9.22. The van der Waals surface area contributed by atoms with Crippen molar-refractivity contribution in [1.29, 1.82) is 0 Å². The highest BCUT2D eigenvalue weighted by Gasteiger charge is 2.13. The molecule has 0 atom stereocenters. The van der Waals surface area contributed by atoms with E-state index in [-0.39, 0.29) is 5.91 Å². The normalized spacial score (nSPS) is 10.2. The number of hydrogen-bond donors (Lipinski definition) is 0. The first-order valence-electron chi connectivity index (χ1n) is 5.84. The molecule has 0 spiro atoms. The molecule has 2 aromatic heterocycles. The van der Waals surface area contributed by atoms with Crippen LogP contribution in [0.3, 0.4) is 0 Å². The van der Waals surface area contributed by atoms with E-state index < -0.39 is 0 Å². The first-order valence-corrected chi connectivity index (χ1v) is 7.23. The van der Waals surface area contributed by atoms with Crippen molar-refractivity contribution >= 4 is 23.4 Å². The smallest absolute Gasteiger partial charge is 0.259 e. The molecule has 0 radical (unpaired) electrons. The van der Waals surface area contributed by atoms with Gasteiger partial charge in [0.2, 0.25) is 0 Å². The molecule has 2 aromatic rings. The number of thioether (sulfide) groups is 1. The topological polar surface area (TPSA) is 46.1 Å². The van der Waals surface area contributed by atoms with Gasteiger partial charge in [-0.25, -0.2) is 0 Å². The average Bonchev–Trinajstić information content (AvgIpc) is 2.48. The van der Waals surface area contributed by atoms with Crippen molar-refractivity contribution in [3.63, 3.8) is 0 Å². The Bertz CT molecular complexity index is 542. The SMILES string of the molecule is CSCc1ccc(C(=O)N(C)c2cccnc2)cn1. The van der Waals surface area contributed by atoms with Gasteiger partial charge in [-0.3, -0.25) is 14.8 Å². The average molecular weight is 273 g/mol. The van der Waals surface area contributed by atoms with Crippen molar-refractivity contribution in [3.8, 4) is 0 Å². The Labute approximate surface area is 116 Å². The van der Waals surface area contributed by atoms with Crippen LogP contribution in [0.15, 0.2) is 42.9 Å². The minimum Gasteiger partial charge on any atom is -0.310 e. The zero-order chi connectivity index (χ0) is 13.7. The molecule has 2 rings (SSSR count). The summed E-state index contributed by atoms with van der Waals surface area (Å²) in [5.74, 6) is 0.767. The molecule has 0 aliphatic carbocycles. The van der Waals surface area contributed by atoms with Crippen molar-refractivity contribution in [2.24, 2.45) is 0 Å². The molecule has 2 heterocycles. The highest BCUT2D eigenvalue weighted by Crippen LogP contribution is 2.14. The van der Waals surface area contributed by atoms with Crippen LogP contribution in [0.5, 0.6) is 0 Å². The predicted molar refractivity (Wildman–Crippen MR) is 78.4 cm³/mol. The summed E-state index contributed by atoms with van der Waals surface area (Å²) in [4.78, 5) is 22.1. The van der Waals surface area contributed by atoms with E-state index >= 15 is 0 Å². The molecular formula is C14H15N3OS. The van der Waals surface area contributed by atoms with Crippen LogP contribution in [0.1, 0.15) is 16.1 Å². The number of hydrogen-bond acceptors (Lipinski definition) is 4. The maximum Gasteiger partial charge on any atom is 0.259 e. The van der Waals surface area contributed by atoms with Crippen LogP contribution in [0.4, 0.5) is 5.69 Å². The minimum absolute atomic E-state index is 0.0869. The van der Waals surface area contributed by atoms with E-state index in [1.165, 1.54) is 0 Å². The van der Waals surface area contributed by atoms with E-state index in [4.69, 9.17) is 0 Å². The van der Waals surface area contributed by atoms with Crippen LogP contribution >= 0.6 is 11.8 Å². The van der Waals surface area contributed by atoms with Crippen LogP contribution in [0.2, 0.25) is 0 Å². The monoisotopic (exact) mass is 273 g/mol. The van der Waals surface area contributed by atoms with Crippen molar-refractivity contribution in [2.45, 2.75) is 5.75 Å². The summed E-state index contributed by atoms with van der Waals surface area (Å²) in [6, 6.07) is 7.36. The highest BCUT2D eigenvalue weighted by molar-refractivity contribution is 7.97. The Hall–Kier alpha value is -1.88. The largest absolute Gasteiger partial charge is 0.310 e. The number of amides is 1. The van der Waals surface area contributed by atoms with Gasteiger partial charge in [0.15, 0.2) is 0 Å². The minimum atomic E-state index is -0.0869. The van der Waals surface area contributed by atoms with Gasteiger partial charge in [0.25, 0.3) is 5.91 Å². The molecule has 98 valence electrons. The van der Waals surface area contributed by atoms with Gasteiger partial charge >= 0.3 is 0 Å². The van der Waals surface area contributed by atoms with Gasteiger partial charge in [0.1, 0.15) is 0 Å². The van der Waals surface area contributed by atoms with Crippen LogP contribution in [0.25, 0.3) is 0 Å². The van der Waals surface area contributed by atoms with Gasteiger partial charge in [-0.2, -0.15) is 11.8 Å². The number of pyridine rings is 2. The van der Waals surface area contributed by atoms with Crippen LogP contribution in [-0.4, -0.2) is 29.2 Å². The maximum absolute atomic E-state index is 12.3. The van der Waals surface area contributed by atoms with Gasteiger partial charge in [0.05, 0.1) is 23.1 Å². The fourth-order valence-corrected chi connectivity index (χ4v) is 2.11. The second-order valence-corrected chi connectivity index (χ2v) is 4.91. The van der Waals surface area contributed by atoms with Crippen molar-refractivity contribution in [2.75, 3.05) is 18.2 Å². The molecule has 0 bridgehead atoms. The predicted octanol–water partition coefficient (Wildman–Crippen LogP) is 2.62. The lowest BCUT2D eigenvalue weighted by Crippen LogP contribution is -2.26.